The van der Waals surface area contributed by atoms with Crippen molar-refractivity contribution in [2.45, 2.75) is 63.8 Å². The van der Waals surface area contributed by atoms with Crippen molar-refractivity contribution >= 4 is 0 Å². The van der Waals surface area contributed by atoms with Gasteiger partial charge in [0.1, 0.15) is 5.82 Å². The number of rotatable bonds is 4. The molecule has 4 nitrogen and oxygen atoms in total. The van der Waals surface area contributed by atoms with Gasteiger partial charge in [0, 0.05) is 25.8 Å². The highest BCUT2D eigenvalue weighted by molar-refractivity contribution is 5.22. The SMILES string of the molecule is Cn1c([C@H]2CCCN2CCN2CCCCC2)nc2c1CCCC2. The van der Waals surface area contributed by atoms with Crippen molar-refractivity contribution < 1.29 is 0 Å². The van der Waals surface area contributed by atoms with Crippen LogP contribution in [0.25, 0.3) is 0 Å². The first-order chi connectivity index (χ1) is 11.3. The molecule has 2 aliphatic heterocycles. The minimum Gasteiger partial charge on any atom is -0.334 e. The quantitative estimate of drug-likeness (QED) is 0.853. The standard InChI is InChI=1S/C19H32N4/c1-21-17-9-4-3-8-16(17)20-19(21)18-10-7-13-23(18)15-14-22-11-5-2-6-12-22/h18H,2-15H2,1H3/t18-/m1/s1. The normalized spacial score (nSPS) is 26.6. The van der Waals surface area contributed by atoms with Gasteiger partial charge in [-0.1, -0.05) is 6.42 Å². The largest absolute Gasteiger partial charge is 0.334 e. The highest BCUT2D eigenvalue weighted by atomic mass is 15.3. The summed E-state index contributed by atoms with van der Waals surface area (Å²) in [6.07, 6.45) is 12.0. The van der Waals surface area contributed by atoms with Crippen LogP contribution in [0.4, 0.5) is 0 Å². The maximum Gasteiger partial charge on any atom is 0.126 e. The Bertz CT molecular complexity index is 530. The van der Waals surface area contributed by atoms with Crippen molar-refractivity contribution in [3.63, 3.8) is 0 Å². The number of fused-ring (bicyclic) bond motifs is 1. The summed E-state index contributed by atoms with van der Waals surface area (Å²) < 4.78 is 2.44. The molecule has 0 bridgehead atoms. The van der Waals surface area contributed by atoms with Crippen LogP contribution in [0, 0.1) is 0 Å². The van der Waals surface area contributed by atoms with E-state index >= 15 is 0 Å². The number of piperidine rings is 1. The number of aromatic nitrogens is 2. The molecule has 2 fully saturated rings. The molecule has 0 saturated carbocycles. The Labute approximate surface area is 140 Å². The van der Waals surface area contributed by atoms with Crippen LogP contribution in [0.3, 0.4) is 0 Å². The van der Waals surface area contributed by atoms with Gasteiger partial charge in [0.15, 0.2) is 0 Å². The molecule has 0 aromatic carbocycles. The zero-order valence-electron chi connectivity index (χ0n) is 14.8. The van der Waals surface area contributed by atoms with Gasteiger partial charge in [-0.2, -0.15) is 0 Å². The molecule has 128 valence electrons. The van der Waals surface area contributed by atoms with E-state index in [1.165, 1.54) is 108 Å². The zero-order valence-corrected chi connectivity index (χ0v) is 14.8. The average molecular weight is 316 g/mol. The van der Waals surface area contributed by atoms with Gasteiger partial charge in [-0.15, -0.1) is 0 Å². The van der Waals surface area contributed by atoms with E-state index in [0.29, 0.717) is 6.04 Å². The first-order valence-corrected chi connectivity index (χ1v) is 9.84. The maximum atomic E-state index is 5.09. The highest BCUT2D eigenvalue weighted by Gasteiger charge is 2.31. The monoisotopic (exact) mass is 316 g/mol. The van der Waals surface area contributed by atoms with Crippen molar-refractivity contribution in [1.29, 1.82) is 0 Å². The van der Waals surface area contributed by atoms with Crippen molar-refractivity contribution in [2.75, 3.05) is 32.7 Å². The van der Waals surface area contributed by atoms with Crippen LogP contribution in [-0.4, -0.2) is 52.1 Å². The second-order valence-electron chi connectivity index (χ2n) is 7.73. The molecule has 3 heterocycles. The molecule has 0 unspecified atom stereocenters. The molecular formula is C19H32N4. The Kier molecular flexibility index (Phi) is 4.72. The Morgan fingerprint density at radius 3 is 2.57 bits per heavy atom. The van der Waals surface area contributed by atoms with E-state index in [1.807, 2.05) is 0 Å². The summed E-state index contributed by atoms with van der Waals surface area (Å²) >= 11 is 0. The molecular weight excluding hydrogens is 284 g/mol. The van der Waals surface area contributed by atoms with E-state index < -0.39 is 0 Å². The second-order valence-corrected chi connectivity index (χ2v) is 7.73. The molecule has 1 aliphatic carbocycles. The predicted octanol–water partition coefficient (Wildman–Crippen LogP) is 2.92. The van der Waals surface area contributed by atoms with Crippen LogP contribution in [0.1, 0.15) is 68.2 Å². The molecule has 0 amide bonds. The number of imidazole rings is 1. The van der Waals surface area contributed by atoms with Crippen LogP contribution in [0.15, 0.2) is 0 Å². The lowest BCUT2D eigenvalue weighted by Gasteiger charge is -2.30. The van der Waals surface area contributed by atoms with Gasteiger partial charge >= 0.3 is 0 Å². The van der Waals surface area contributed by atoms with E-state index in [2.05, 4.69) is 21.4 Å². The van der Waals surface area contributed by atoms with Gasteiger partial charge in [0.05, 0.1) is 11.7 Å². The second kappa shape index (κ2) is 6.94. The predicted molar refractivity (Wildman–Crippen MR) is 93.7 cm³/mol. The molecule has 23 heavy (non-hydrogen) atoms. The summed E-state index contributed by atoms with van der Waals surface area (Å²) in [6.45, 7) is 6.36. The summed E-state index contributed by atoms with van der Waals surface area (Å²) in [5.41, 5.74) is 2.92. The van der Waals surface area contributed by atoms with Gasteiger partial charge < -0.3 is 9.47 Å². The minimum atomic E-state index is 0.565. The molecule has 3 aliphatic rings. The van der Waals surface area contributed by atoms with Crippen molar-refractivity contribution in [3.05, 3.63) is 17.2 Å². The molecule has 2 saturated heterocycles. The van der Waals surface area contributed by atoms with Crippen molar-refractivity contribution in [1.82, 2.24) is 19.4 Å². The molecule has 1 aromatic rings. The van der Waals surface area contributed by atoms with E-state index in [0.717, 1.165) is 0 Å². The first-order valence-electron chi connectivity index (χ1n) is 9.84. The maximum absolute atomic E-state index is 5.09. The highest BCUT2D eigenvalue weighted by Crippen LogP contribution is 2.33. The molecule has 1 atom stereocenters. The molecule has 0 radical (unpaired) electrons. The van der Waals surface area contributed by atoms with Gasteiger partial charge in [-0.05, 0) is 71.0 Å². The molecule has 0 spiro atoms. The summed E-state index contributed by atoms with van der Waals surface area (Å²) in [6, 6.07) is 0.565. The molecule has 4 heteroatoms. The summed E-state index contributed by atoms with van der Waals surface area (Å²) in [7, 11) is 2.26. The molecule has 0 N–H and O–H groups in total. The third kappa shape index (κ3) is 3.20. The van der Waals surface area contributed by atoms with Crippen LogP contribution >= 0.6 is 0 Å². The van der Waals surface area contributed by atoms with E-state index in [-0.39, 0.29) is 0 Å². The van der Waals surface area contributed by atoms with E-state index in [4.69, 9.17) is 4.98 Å². The van der Waals surface area contributed by atoms with Crippen LogP contribution in [0.2, 0.25) is 0 Å². The third-order valence-corrected chi connectivity index (χ3v) is 6.22. The number of nitrogens with zero attached hydrogens (tertiary/aromatic N) is 4. The van der Waals surface area contributed by atoms with Gasteiger partial charge in [0.2, 0.25) is 0 Å². The number of hydrogen-bond donors (Lipinski definition) is 0. The Morgan fingerprint density at radius 1 is 0.913 bits per heavy atom. The number of aryl methyl sites for hydroxylation is 1. The van der Waals surface area contributed by atoms with Crippen LogP contribution < -0.4 is 0 Å². The van der Waals surface area contributed by atoms with Crippen LogP contribution in [0.5, 0.6) is 0 Å². The van der Waals surface area contributed by atoms with E-state index in [1.54, 1.807) is 0 Å². The van der Waals surface area contributed by atoms with Crippen molar-refractivity contribution in [2.24, 2.45) is 7.05 Å². The number of hydrogen-bond acceptors (Lipinski definition) is 3. The summed E-state index contributed by atoms with van der Waals surface area (Å²) in [4.78, 5) is 10.5. The first kappa shape index (κ1) is 15.6. The topological polar surface area (TPSA) is 24.3 Å². The minimum absolute atomic E-state index is 0.565. The Hall–Kier alpha value is -0.870. The average Bonchev–Trinajstić information content (AvgIpc) is 3.19. The molecule has 1 aromatic heterocycles. The summed E-state index contributed by atoms with van der Waals surface area (Å²) in [5, 5.41) is 0. The summed E-state index contributed by atoms with van der Waals surface area (Å²) in [5.74, 6) is 1.35. The van der Waals surface area contributed by atoms with Gasteiger partial charge in [-0.3, -0.25) is 4.90 Å². The van der Waals surface area contributed by atoms with Crippen LogP contribution in [-0.2, 0) is 19.9 Å². The zero-order chi connectivity index (χ0) is 15.6. The fraction of sp³-hybridized carbons (Fsp3) is 0.842. The number of likely N-dealkylation sites (tertiary alicyclic amines) is 2. The molecule has 4 rings (SSSR count). The van der Waals surface area contributed by atoms with Gasteiger partial charge in [0.25, 0.3) is 0 Å². The fourth-order valence-electron chi connectivity index (χ4n) is 4.84. The Morgan fingerprint density at radius 2 is 1.74 bits per heavy atom. The lowest BCUT2D eigenvalue weighted by molar-refractivity contribution is 0.170. The lowest BCUT2D eigenvalue weighted by atomic mass is 10.0. The van der Waals surface area contributed by atoms with Gasteiger partial charge in [-0.25, -0.2) is 4.98 Å². The van der Waals surface area contributed by atoms with Crippen molar-refractivity contribution in [3.8, 4) is 0 Å². The smallest absolute Gasteiger partial charge is 0.126 e. The fourth-order valence-corrected chi connectivity index (χ4v) is 4.84. The lowest BCUT2D eigenvalue weighted by Crippen LogP contribution is -2.38. The Balaban J connectivity index is 1.44. The third-order valence-electron chi connectivity index (χ3n) is 6.22. The van der Waals surface area contributed by atoms with E-state index in [9.17, 15) is 0 Å².